The van der Waals surface area contributed by atoms with E-state index >= 15 is 0 Å². The summed E-state index contributed by atoms with van der Waals surface area (Å²) in [5.74, 6) is -2.23. The molecule has 4 aromatic rings. The molecule has 0 saturated carbocycles. The molecule has 11 nitrogen and oxygen atoms in total. The van der Waals surface area contributed by atoms with Crippen LogP contribution < -0.4 is 14.9 Å². The molecule has 0 aliphatic heterocycles. The van der Waals surface area contributed by atoms with Crippen molar-refractivity contribution < 1.29 is 36.3 Å². The maximum atomic E-state index is 13.1. The van der Waals surface area contributed by atoms with E-state index in [9.17, 15) is 31.9 Å². The predicted octanol–water partition coefficient (Wildman–Crippen LogP) is 5.13. The number of sulfone groups is 1. The fourth-order valence-electron chi connectivity index (χ4n) is 4.61. The minimum absolute atomic E-state index is 0.102. The van der Waals surface area contributed by atoms with Gasteiger partial charge in [-0.1, -0.05) is 44.2 Å². The van der Waals surface area contributed by atoms with Crippen LogP contribution in [-0.4, -0.2) is 52.3 Å². The summed E-state index contributed by atoms with van der Waals surface area (Å²) in [6.45, 7) is 5.06. The number of nitrogens with one attached hydrogen (secondary N) is 2. The van der Waals surface area contributed by atoms with Crippen LogP contribution in [0.1, 0.15) is 30.0 Å². The van der Waals surface area contributed by atoms with Gasteiger partial charge in [0, 0.05) is 28.6 Å². The third kappa shape index (κ3) is 6.81. The molecular weight excluding hydrogens is 582 g/mol. The normalized spacial score (nSPS) is 13.1. The number of benzene rings is 3. The van der Waals surface area contributed by atoms with Gasteiger partial charge in [-0.2, -0.15) is 0 Å². The second kappa shape index (κ2) is 12.3. The summed E-state index contributed by atoms with van der Waals surface area (Å²) >= 11 is -2.54. The first-order chi connectivity index (χ1) is 19.8. The summed E-state index contributed by atoms with van der Waals surface area (Å²) in [7, 11) is -3.26. The van der Waals surface area contributed by atoms with Gasteiger partial charge in [-0.05, 0) is 60.4 Å². The Balaban J connectivity index is 1.51. The molecule has 13 heteroatoms. The van der Waals surface area contributed by atoms with Crippen molar-refractivity contribution in [2.75, 3.05) is 27.1 Å². The van der Waals surface area contributed by atoms with E-state index in [0.717, 1.165) is 21.7 Å². The Morgan fingerprint density at radius 2 is 1.60 bits per heavy atom. The Labute approximate surface area is 245 Å². The number of furan rings is 1. The summed E-state index contributed by atoms with van der Waals surface area (Å²) in [6.07, 6.45) is 1.12. The molecule has 0 radical (unpaired) electrons. The van der Waals surface area contributed by atoms with Crippen LogP contribution >= 0.6 is 0 Å². The lowest BCUT2D eigenvalue weighted by Gasteiger charge is -2.29. The Morgan fingerprint density at radius 3 is 2.12 bits per heavy atom. The van der Waals surface area contributed by atoms with Crippen molar-refractivity contribution in [1.29, 1.82) is 0 Å². The first-order valence-corrected chi connectivity index (χ1v) is 16.0. The van der Waals surface area contributed by atoms with Crippen LogP contribution in [0, 0.1) is 12.8 Å². The van der Waals surface area contributed by atoms with Gasteiger partial charge in [-0.25, -0.2) is 17.4 Å². The number of hydrogen-bond acceptors (Lipinski definition) is 7. The van der Waals surface area contributed by atoms with E-state index in [2.05, 4.69) is 10.6 Å². The van der Waals surface area contributed by atoms with Gasteiger partial charge in [-0.15, -0.1) is 0 Å². The van der Waals surface area contributed by atoms with Crippen LogP contribution in [0.3, 0.4) is 0 Å². The summed E-state index contributed by atoms with van der Waals surface area (Å²) in [5, 5.41) is 15.9. The number of carboxylic acids is 1. The smallest absolute Gasteiger partial charge is 0.327 e. The van der Waals surface area contributed by atoms with Gasteiger partial charge in [0.05, 0.1) is 5.69 Å². The molecule has 42 heavy (non-hydrogen) atoms. The van der Waals surface area contributed by atoms with E-state index in [1.54, 1.807) is 87.5 Å². The predicted molar refractivity (Wildman–Crippen MR) is 164 cm³/mol. The molecule has 0 aliphatic carbocycles. The number of fused-ring (bicyclic) bond motifs is 1. The molecule has 4 rings (SSSR count). The molecule has 1 aromatic heterocycles. The second-order valence-electron chi connectivity index (χ2n) is 10.1. The number of nitrogens with zero attached hydrogens (tertiary/aromatic N) is 1. The van der Waals surface area contributed by atoms with E-state index < -0.39 is 44.9 Å². The summed E-state index contributed by atoms with van der Waals surface area (Å²) in [5.41, 5.74) is 3.94. The average molecular weight is 614 g/mol. The van der Waals surface area contributed by atoms with E-state index in [1.807, 2.05) is 0 Å². The van der Waals surface area contributed by atoms with Crippen LogP contribution in [0.2, 0.25) is 0 Å². The number of carboxylic acid groups (broad SMARTS) is 1. The molecule has 0 bridgehead atoms. The van der Waals surface area contributed by atoms with Crippen molar-refractivity contribution in [2.45, 2.75) is 26.8 Å². The third-order valence-electron chi connectivity index (χ3n) is 6.59. The fraction of sp³-hybridized carbons (Fsp3) is 0.241. The maximum Gasteiger partial charge on any atom is 0.327 e. The Kier molecular flexibility index (Phi) is 9.04. The number of carbonyl (C=O) groups excluding carboxylic acids is 1. The van der Waals surface area contributed by atoms with Gasteiger partial charge in [0.2, 0.25) is 0 Å². The Bertz CT molecular complexity index is 1750. The Hall–Kier alpha value is -4.20. The highest BCUT2D eigenvalue weighted by atomic mass is 32.2. The van der Waals surface area contributed by atoms with Crippen LogP contribution in [0.4, 0.5) is 17.1 Å². The standard InChI is InChI=1S/C29H31N3O8S2/c1-17(2)26(29(34)35)32(41(36)37)22-14-10-20(11-15-22)19-8-12-21(13-9-19)31-28(33)27-18(3)25-23(30-16-42(4,38)39)6-5-7-24(25)40-27/h5-15,17,26,30H,16H2,1-4H3,(H,31,33)(H,34,35)(H,36,37). The van der Waals surface area contributed by atoms with E-state index in [-0.39, 0.29) is 11.6 Å². The molecule has 1 heterocycles. The summed E-state index contributed by atoms with van der Waals surface area (Å²) in [4.78, 5) is 24.8. The monoisotopic (exact) mass is 613 g/mol. The zero-order chi connectivity index (χ0) is 30.8. The number of anilines is 3. The largest absolute Gasteiger partial charge is 0.480 e. The van der Waals surface area contributed by atoms with Gasteiger partial charge in [-0.3, -0.25) is 13.7 Å². The number of amides is 1. The van der Waals surface area contributed by atoms with E-state index in [4.69, 9.17) is 4.42 Å². The van der Waals surface area contributed by atoms with Crippen LogP contribution in [0.5, 0.6) is 0 Å². The fourth-order valence-corrected chi connectivity index (χ4v) is 5.86. The van der Waals surface area contributed by atoms with Gasteiger partial charge in [0.1, 0.15) is 17.5 Å². The SMILES string of the molecule is Cc1c(C(=O)Nc2ccc(-c3ccc(N(C(C(=O)O)C(C)C)S(=O)O)cc3)cc2)oc2cccc(NCS(C)(=O)=O)c12. The summed E-state index contributed by atoms with van der Waals surface area (Å²) < 4.78 is 51.8. The minimum atomic E-state index is -3.26. The molecule has 222 valence electrons. The van der Waals surface area contributed by atoms with Crippen molar-refractivity contribution in [3.63, 3.8) is 0 Å². The van der Waals surface area contributed by atoms with Crippen molar-refractivity contribution in [3.8, 4) is 11.1 Å². The number of aliphatic carboxylic acids is 1. The molecule has 3 aromatic carbocycles. The molecule has 4 N–H and O–H groups in total. The van der Waals surface area contributed by atoms with Crippen molar-refractivity contribution in [3.05, 3.63) is 78.1 Å². The molecule has 2 atom stereocenters. The quantitative estimate of drug-likeness (QED) is 0.168. The zero-order valence-electron chi connectivity index (χ0n) is 23.3. The first-order valence-electron chi connectivity index (χ1n) is 12.9. The van der Waals surface area contributed by atoms with E-state index in [0.29, 0.717) is 33.6 Å². The number of rotatable bonds is 11. The lowest BCUT2D eigenvalue weighted by atomic mass is 10.0. The molecule has 0 aliphatic rings. The van der Waals surface area contributed by atoms with Gasteiger partial charge < -0.3 is 20.2 Å². The number of carbonyl (C=O) groups is 2. The second-order valence-corrected chi connectivity index (χ2v) is 13.1. The van der Waals surface area contributed by atoms with E-state index in [1.165, 1.54) is 0 Å². The number of hydrogen-bond donors (Lipinski definition) is 4. The molecule has 0 spiro atoms. The van der Waals surface area contributed by atoms with Crippen molar-refractivity contribution >= 4 is 61.0 Å². The first kappa shape index (κ1) is 30.8. The highest BCUT2D eigenvalue weighted by Gasteiger charge is 2.32. The highest BCUT2D eigenvalue weighted by molar-refractivity contribution is 7.90. The van der Waals surface area contributed by atoms with Crippen LogP contribution in [0.15, 0.2) is 71.1 Å². The molecule has 0 saturated heterocycles. The minimum Gasteiger partial charge on any atom is -0.480 e. The molecule has 0 fully saturated rings. The van der Waals surface area contributed by atoms with Gasteiger partial charge >= 0.3 is 5.97 Å². The lowest BCUT2D eigenvalue weighted by molar-refractivity contribution is -0.139. The Morgan fingerprint density at radius 1 is 1.00 bits per heavy atom. The molecule has 1 amide bonds. The third-order valence-corrected chi connectivity index (χ3v) is 8.03. The lowest BCUT2D eigenvalue weighted by Crippen LogP contribution is -2.45. The molecule has 2 unspecified atom stereocenters. The highest BCUT2D eigenvalue weighted by Crippen LogP contribution is 2.33. The van der Waals surface area contributed by atoms with Crippen LogP contribution in [-0.2, 0) is 25.9 Å². The maximum absolute atomic E-state index is 13.1. The van der Waals surface area contributed by atoms with Gasteiger partial charge in [0.25, 0.3) is 17.2 Å². The summed E-state index contributed by atoms with van der Waals surface area (Å²) in [6, 6.07) is 17.6. The average Bonchev–Trinajstić information content (AvgIpc) is 3.27. The van der Waals surface area contributed by atoms with Crippen molar-refractivity contribution in [1.82, 2.24) is 0 Å². The van der Waals surface area contributed by atoms with Crippen molar-refractivity contribution in [2.24, 2.45) is 5.92 Å². The number of aryl methyl sites for hydroxylation is 1. The zero-order valence-corrected chi connectivity index (χ0v) is 25.0. The van der Waals surface area contributed by atoms with Crippen LogP contribution in [0.25, 0.3) is 22.1 Å². The molecular formula is C29H31N3O8S2. The topological polar surface area (TPSA) is 166 Å². The van der Waals surface area contributed by atoms with Gasteiger partial charge in [0.15, 0.2) is 15.6 Å².